The van der Waals surface area contributed by atoms with Gasteiger partial charge in [0.2, 0.25) is 5.95 Å². The number of rotatable bonds is 2. The molecule has 0 unspecified atom stereocenters. The fraction of sp³-hybridized carbons (Fsp3) is 0.400. The lowest BCUT2D eigenvalue weighted by molar-refractivity contribution is 0.692. The van der Waals surface area contributed by atoms with Crippen molar-refractivity contribution in [3.05, 3.63) is 5.82 Å². The van der Waals surface area contributed by atoms with E-state index in [0.29, 0.717) is 5.82 Å². The first-order valence-electron chi connectivity index (χ1n) is 3.04. The topological polar surface area (TPSA) is 117 Å². The van der Waals surface area contributed by atoms with Crippen LogP contribution >= 0.6 is 0 Å². The number of aromatic nitrogens is 3. The molecule has 0 saturated heterocycles. The molecule has 0 bridgehead atoms. The molecular formula is C5H8N6. The van der Waals surface area contributed by atoms with Gasteiger partial charge in [-0.1, -0.05) is 0 Å². The highest BCUT2D eigenvalue weighted by atomic mass is 15.3. The van der Waals surface area contributed by atoms with Crippen molar-refractivity contribution in [2.24, 2.45) is 5.73 Å². The van der Waals surface area contributed by atoms with Gasteiger partial charge in [0, 0.05) is 0 Å². The Kier molecular flexibility index (Phi) is 2.03. The summed E-state index contributed by atoms with van der Waals surface area (Å²) in [6.45, 7) is 0. The zero-order valence-corrected chi connectivity index (χ0v) is 5.78. The highest BCUT2D eigenvalue weighted by molar-refractivity contribution is 5.14. The van der Waals surface area contributed by atoms with Gasteiger partial charge in [-0.2, -0.15) is 10.2 Å². The van der Waals surface area contributed by atoms with E-state index in [1.54, 1.807) is 0 Å². The minimum Gasteiger partial charge on any atom is -0.367 e. The summed E-state index contributed by atoms with van der Waals surface area (Å²) in [7, 11) is 0. The van der Waals surface area contributed by atoms with Crippen LogP contribution in [0.3, 0.4) is 0 Å². The fourth-order valence-corrected chi connectivity index (χ4v) is 0.649. The van der Waals surface area contributed by atoms with Gasteiger partial charge in [-0.25, -0.2) is 0 Å². The smallest absolute Gasteiger partial charge is 0.239 e. The van der Waals surface area contributed by atoms with E-state index < -0.39 is 6.04 Å². The number of nitrogens with zero attached hydrogens (tertiary/aromatic N) is 3. The Balaban J connectivity index is 2.70. The molecule has 1 heterocycles. The molecule has 1 aromatic heterocycles. The summed E-state index contributed by atoms with van der Waals surface area (Å²) in [5, 5.41) is 14.4. The van der Waals surface area contributed by atoms with E-state index in [2.05, 4.69) is 15.2 Å². The molecule has 1 aromatic rings. The minimum absolute atomic E-state index is 0.147. The van der Waals surface area contributed by atoms with Crippen LogP contribution in [0.15, 0.2) is 0 Å². The van der Waals surface area contributed by atoms with Gasteiger partial charge >= 0.3 is 0 Å². The zero-order valence-electron chi connectivity index (χ0n) is 5.78. The highest BCUT2D eigenvalue weighted by Crippen LogP contribution is 2.07. The van der Waals surface area contributed by atoms with Gasteiger partial charge in [-0.15, -0.1) is 5.10 Å². The standard InChI is InChI=1S/C5H8N6/c6-2-1-3(7)4-9-5(8)11-10-4/h3H,1,7H2,(H3,8,9,10,11)/t3-/m0/s1. The molecule has 0 aromatic carbocycles. The van der Waals surface area contributed by atoms with E-state index in [9.17, 15) is 0 Å². The molecule has 11 heavy (non-hydrogen) atoms. The average Bonchev–Trinajstić information content (AvgIpc) is 2.36. The van der Waals surface area contributed by atoms with E-state index in [1.165, 1.54) is 0 Å². The third kappa shape index (κ3) is 1.65. The maximum atomic E-state index is 8.28. The molecule has 1 rings (SSSR count). The van der Waals surface area contributed by atoms with Crippen molar-refractivity contribution >= 4 is 5.95 Å². The molecule has 6 heteroatoms. The quantitative estimate of drug-likeness (QED) is 0.518. The van der Waals surface area contributed by atoms with Crippen LogP contribution in [-0.4, -0.2) is 15.2 Å². The number of nitrogens with one attached hydrogen (secondary N) is 1. The summed E-state index contributed by atoms with van der Waals surface area (Å²) in [4.78, 5) is 3.76. The molecule has 0 fully saturated rings. The monoisotopic (exact) mass is 152 g/mol. The van der Waals surface area contributed by atoms with Crippen molar-refractivity contribution in [2.45, 2.75) is 12.5 Å². The minimum atomic E-state index is -0.426. The number of H-pyrrole nitrogens is 1. The number of anilines is 1. The molecule has 0 aliphatic heterocycles. The largest absolute Gasteiger partial charge is 0.367 e. The van der Waals surface area contributed by atoms with Crippen molar-refractivity contribution < 1.29 is 0 Å². The molecule has 0 aliphatic rings. The first-order chi connectivity index (χ1) is 5.24. The third-order valence-electron chi connectivity index (χ3n) is 1.18. The van der Waals surface area contributed by atoms with Gasteiger partial charge < -0.3 is 11.5 Å². The number of nitriles is 1. The molecule has 0 spiro atoms. The van der Waals surface area contributed by atoms with Crippen LogP contribution < -0.4 is 11.5 Å². The van der Waals surface area contributed by atoms with Crippen LogP contribution in [0.4, 0.5) is 5.95 Å². The third-order valence-corrected chi connectivity index (χ3v) is 1.18. The van der Waals surface area contributed by atoms with Gasteiger partial charge in [0.1, 0.15) is 5.82 Å². The summed E-state index contributed by atoms with van der Waals surface area (Å²) >= 11 is 0. The van der Waals surface area contributed by atoms with E-state index >= 15 is 0 Å². The number of nitrogen functional groups attached to an aromatic ring is 1. The van der Waals surface area contributed by atoms with E-state index in [0.717, 1.165) is 0 Å². The van der Waals surface area contributed by atoms with E-state index in [-0.39, 0.29) is 12.4 Å². The highest BCUT2D eigenvalue weighted by Gasteiger charge is 2.08. The van der Waals surface area contributed by atoms with Crippen molar-refractivity contribution in [3.8, 4) is 6.07 Å². The van der Waals surface area contributed by atoms with E-state index in [4.69, 9.17) is 16.7 Å². The maximum absolute atomic E-state index is 8.28. The van der Waals surface area contributed by atoms with Crippen LogP contribution in [0.2, 0.25) is 0 Å². The molecule has 6 nitrogen and oxygen atoms in total. The Bertz CT molecular complexity index is 271. The summed E-state index contributed by atoms with van der Waals surface area (Å²) in [6.07, 6.45) is 0.203. The number of nitrogens with two attached hydrogens (primary N) is 2. The fourth-order valence-electron chi connectivity index (χ4n) is 0.649. The predicted molar refractivity (Wildman–Crippen MR) is 38.0 cm³/mol. The Morgan fingerprint density at radius 1 is 1.73 bits per heavy atom. The van der Waals surface area contributed by atoms with Crippen LogP contribution in [0, 0.1) is 11.3 Å². The van der Waals surface area contributed by atoms with Crippen molar-refractivity contribution in [2.75, 3.05) is 5.73 Å². The zero-order chi connectivity index (χ0) is 8.27. The lowest BCUT2D eigenvalue weighted by Crippen LogP contribution is -2.11. The predicted octanol–water partition coefficient (Wildman–Crippen LogP) is -0.700. The number of hydrogen-bond donors (Lipinski definition) is 3. The molecule has 0 radical (unpaired) electrons. The summed E-state index contributed by atoms with van der Waals surface area (Å²) in [6, 6.07) is 1.50. The van der Waals surface area contributed by atoms with Crippen molar-refractivity contribution in [1.29, 1.82) is 5.26 Å². The number of hydrogen-bond acceptors (Lipinski definition) is 5. The second-order valence-corrected chi connectivity index (χ2v) is 2.05. The van der Waals surface area contributed by atoms with Gasteiger partial charge in [0.25, 0.3) is 0 Å². The Labute approximate surface area is 63.2 Å². The molecule has 5 N–H and O–H groups in total. The summed E-state index contributed by atoms with van der Waals surface area (Å²) < 4.78 is 0. The second-order valence-electron chi connectivity index (χ2n) is 2.05. The first-order valence-corrected chi connectivity index (χ1v) is 3.04. The van der Waals surface area contributed by atoms with Gasteiger partial charge in [-0.05, 0) is 0 Å². The molecule has 0 aliphatic carbocycles. The maximum Gasteiger partial charge on any atom is 0.239 e. The summed E-state index contributed by atoms with van der Waals surface area (Å²) in [5.41, 5.74) is 10.7. The normalized spacial score (nSPS) is 12.4. The summed E-state index contributed by atoms with van der Waals surface area (Å²) in [5.74, 6) is 0.595. The SMILES string of the molecule is N#CC[C@H](N)c1nc(N)n[nH]1. The molecule has 58 valence electrons. The van der Waals surface area contributed by atoms with E-state index in [1.807, 2.05) is 6.07 Å². The van der Waals surface area contributed by atoms with Crippen LogP contribution in [0.5, 0.6) is 0 Å². The van der Waals surface area contributed by atoms with Crippen molar-refractivity contribution in [1.82, 2.24) is 15.2 Å². The number of aromatic amines is 1. The molecular weight excluding hydrogens is 144 g/mol. The van der Waals surface area contributed by atoms with Crippen LogP contribution in [-0.2, 0) is 0 Å². The van der Waals surface area contributed by atoms with Gasteiger partial charge in [-0.3, -0.25) is 5.10 Å². The average molecular weight is 152 g/mol. The van der Waals surface area contributed by atoms with Gasteiger partial charge in [0.05, 0.1) is 18.5 Å². The molecule has 0 amide bonds. The molecule has 0 saturated carbocycles. The second kappa shape index (κ2) is 2.98. The van der Waals surface area contributed by atoms with Crippen LogP contribution in [0.1, 0.15) is 18.3 Å². The van der Waals surface area contributed by atoms with Crippen molar-refractivity contribution in [3.63, 3.8) is 0 Å². The molecule has 1 atom stereocenters. The lowest BCUT2D eigenvalue weighted by Gasteiger charge is -1.99. The van der Waals surface area contributed by atoms with Gasteiger partial charge in [0.15, 0.2) is 0 Å². The Hall–Kier alpha value is -1.61. The van der Waals surface area contributed by atoms with Crippen LogP contribution in [0.25, 0.3) is 0 Å². The Morgan fingerprint density at radius 2 is 2.45 bits per heavy atom. The lowest BCUT2D eigenvalue weighted by atomic mass is 10.2. The first kappa shape index (κ1) is 7.50. The Morgan fingerprint density at radius 3 is 2.91 bits per heavy atom.